The van der Waals surface area contributed by atoms with E-state index in [1.54, 1.807) is 7.05 Å². The Labute approximate surface area is 167 Å². The molecule has 1 heterocycles. The van der Waals surface area contributed by atoms with E-state index in [0.29, 0.717) is 25.0 Å². The van der Waals surface area contributed by atoms with E-state index < -0.39 is 0 Å². The number of carbonyl (C=O) groups excluding carboxylic acids is 2. The van der Waals surface area contributed by atoms with Crippen LogP contribution in [0.1, 0.15) is 37.7 Å². The van der Waals surface area contributed by atoms with Crippen LogP contribution in [0.4, 0.5) is 0 Å². The van der Waals surface area contributed by atoms with Gasteiger partial charge in [-0.3, -0.25) is 14.6 Å². The molecule has 1 saturated carbocycles. The molecule has 0 spiro atoms. The fourth-order valence-electron chi connectivity index (χ4n) is 3.92. The van der Waals surface area contributed by atoms with Crippen molar-refractivity contribution in [1.82, 2.24) is 20.9 Å². The zero-order chi connectivity index (χ0) is 19.8. The number of benzene rings is 1. The molecule has 2 fully saturated rings. The summed E-state index contributed by atoms with van der Waals surface area (Å²) in [5, 5.41) is 9.28. The minimum atomic E-state index is -0.0868. The lowest BCUT2D eigenvalue weighted by molar-refractivity contribution is -0.134. The zero-order valence-corrected chi connectivity index (χ0v) is 16.6. The Balaban J connectivity index is 1.37. The maximum Gasteiger partial charge on any atom is 0.239 e. The number of hydrogen-bond acceptors (Lipinski definition) is 3. The number of guanidine groups is 1. The van der Waals surface area contributed by atoms with Gasteiger partial charge in [-0.2, -0.15) is 0 Å². The Morgan fingerprint density at radius 1 is 1.11 bits per heavy atom. The van der Waals surface area contributed by atoms with Crippen LogP contribution in [-0.4, -0.2) is 55.4 Å². The smallest absolute Gasteiger partial charge is 0.239 e. The van der Waals surface area contributed by atoms with Crippen molar-refractivity contribution in [2.24, 2.45) is 10.9 Å². The second kappa shape index (κ2) is 10.1. The topological polar surface area (TPSA) is 85.8 Å². The summed E-state index contributed by atoms with van der Waals surface area (Å²) in [6, 6.07) is 9.99. The zero-order valence-electron chi connectivity index (χ0n) is 16.6. The summed E-state index contributed by atoms with van der Waals surface area (Å²) in [5.41, 5.74) is 1.07. The molecule has 7 nitrogen and oxygen atoms in total. The molecule has 1 aliphatic heterocycles. The Hall–Kier alpha value is -2.57. The Morgan fingerprint density at radius 2 is 1.86 bits per heavy atom. The Bertz CT molecular complexity index is 685. The predicted octanol–water partition coefficient (Wildman–Crippen LogP) is 1.26. The van der Waals surface area contributed by atoms with Crippen molar-refractivity contribution in [3.05, 3.63) is 35.9 Å². The second-order valence-corrected chi connectivity index (χ2v) is 7.58. The van der Waals surface area contributed by atoms with E-state index in [-0.39, 0.29) is 24.4 Å². The van der Waals surface area contributed by atoms with Crippen LogP contribution in [0.2, 0.25) is 0 Å². The predicted molar refractivity (Wildman–Crippen MR) is 110 cm³/mol. The molecule has 1 saturated heterocycles. The number of carbonyl (C=O) groups is 2. The van der Waals surface area contributed by atoms with Gasteiger partial charge in [-0.15, -0.1) is 0 Å². The lowest BCUT2D eigenvalue weighted by atomic mass is 10.1. The first-order valence-corrected chi connectivity index (χ1v) is 10.2. The van der Waals surface area contributed by atoms with Crippen molar-refractivity contribution < 1.29 is 9.59 Å². The first kappa shape index (κ1) is 20.2. The summed E-state index contributed by atoms with van der Waals surface area (Å²) in [6.45, 7) is 2.16. The van der Waals surface area contributed by atoms with Gasteiger partial charge < -0.3 is 20.9 Å². The number of nitrogens with one attached hydrogen (secondary N) is 3. The Kier molecular flexibility index (Phi) is 7.28. The van der Waals surface area contributed by atoms with Crippen molar-refractivity contribution in [3.8, 4) is 0 Å². The first-order valence-electron chi connectivity index (χ1n) is 10.2. The van der Waals surface area contributed by atoms with E-state index in [1.807, 2.05) is 35.2 Å². The van der Waals surface area contributed by atoms with Crippen LogP contribution >= 0.6 is 0 Å². The minimum absolute atomic E-state index is 0.0868. The molecule has 28 heavy (non-hydrogen) atoms. The normalized spacial score (nSPS) is 20.2. The van der Waals surface area contributed by atoms with Gasteiger partial charge in [0.1, 0.15) is 0 Å². The quantitative estimate of drug-likeness (QED) is 0.508. The highest BCUT2D eigenvalue weighted by molar-refractivity contribution is 5.86. The van der Waals surface area contributed by atoms with Gasteiger partial charge in [-0.1, -0.05) is 43.2 Å². The van der Waals surface area contributed by atoms with E-state index >= 15 is 0 Å². The summed E-state index contributed by atoms with van der Waals surface area (Å²) >= 11 is 0. The number of likely N-dealkylation sites (tertiary alicyclic amines) is 1. The lowest BCUT2D eigenvalue weighted by Crippen LogP contribution is -2.48. The molecule has 0 bridgehead atoms. The average molecular weight is 386 g/mol. The highest BCUT2D eigenvalue weighted by Crippen LogP contribution is 2.27. The van der Waals surface area contributed by atoms with Crippen LogP contribution in [0.15, 0.2) is 35.3 Å². The summed E-state index contributed by atoms with van der Waals surface area (Å²) in [4.78, 5) is 30.8. The van der Waals surface area contributed by atoms with Crippen molar-refractivity contribution in [3.63, 3.8) is 0 Å². The van der Waals surface area contributed by atoms with E-state index in [2.05, 4.69) is 20.9 Å². The average Bonchev–Trinajstić information content (AvgIpc) is 3.42. The molecule has 2 aliphatic rings. The number of rotatable bonds is 6. The van der Waals surface area contributed by atoms with Crippen LogP contribution in [-0.2, 0) is 16.1 Å². The van der Waals surface area contributed by atoms with Gasteiger partial charge >= 0.3 is 0 Å². The molecule has 1 aromatic carbocycles. The molecular formula is C21H31N5O2. The van der Waals surface area contributed by atoms with Gasteiger partial charge in [0.05, 0.1) is 6.54 Å². The number of amides is 2. The van der Waals surface area contributed by atoms with Gasteiger partial charge in [-0.25, -0.2) is 0 Å². The van der Waals surface area contributed by atoms with Crippen LogP contribution in [0.25, 0.3) is 0 Å². The van der Waals surface area contributed by atoms with E-state index in [1.165, 1.54) is 12.8 Å². The Morgan fingerprint density at radius 3 is 2.57 bits per heavy atom. The van der Waals surface area contributed by atoms with Crippen LogP contribution < -0.4 is 16.0 Å². The maximum absolute atomic E-state index is 12.6. The lowest BCUT2D eigenvalue weighted by Gasteiger charge is -2.21. The van der Waals surface area contributed by atoms with Crippen molar-refractivity contribution >= 4 is 17.8 Å². The molecular weight excluding hydrogens is 354 g/mol. The number of aliphatic imine (C=N–C) groups is 1. The largest absolute Gasteiger partial charge is 0.352 e. The molecule has 2 amide bonds. The molecule has 3 rings (SSSR count). The molecule has 1 aliphatic carbocycles. The van der Waals surface area contributed by atoms with Crippen LogP contribution in [0.3, 0.4) is 0 Å². The summed E-state index contributed by atoms with van der Waals surface area (Å²) in [5.74, 6) is 1.04. The molecule has 1 aromatic rings. The van der Waals surface area contributed by atoms with Crippen molar-refractivity contribution in [2.75, 3.05) is 26.7 Å². The number of nitrogens with zero attached hydrogens (tertiary/aromatic N) is 2. The molecule has 7 heteroatoms. The second-order valence-electron chi connectivity index (χ2n) is 7.58. The monoisotopic (exact) mass is 385 g/mol. The highest BCUT2D eigenvalue weighted by atomic mass is 16.2. The molecule has 0 aromatic heterocycles. The van der Waals surface area contributed by atoms with Gasteiger partial charge in [0, 0.05) is 38.6 Å². The van der Waals surface area contributed by atoms with Crippen molar-refractivity contribution in [2.45, 2.75) is 44.7 Å². The minimum Gasteiger partial charge on any atom is -0.352 e. The molecule has 3 N–H and O–H groups in total. The fraction of sp³-hybridized carbons (Fsp3) is 0.571. The summed E-state index contributed by atoms with van der Waals surface area (Å²) in [7, 11) is 1.69. The van der Waals surface area contributed by atoms with E-state index in [9.17, 15) is 9.59 Å². The SMILES string of the molecule is CN=C(NCC(=O)NCc1ccccc1)NC1CCN(C(=O)C2CCCC2)C1. The molecule has 152 valence electrons. The standard InChI is InChI=1S/C21H31N5O2/c1-22-21(24-14-19(27)23-13-16-7-3-2-4-8-16)25-18-11-12-26(15-18)20(28)17-9-5-6-10-17/h2-4,7-8,17-18H,5-6,9-15H2,1H3,(H,23,27)(H2,22,24,25). The third-order valence-corrected chi connectivity index (χ3v) is 5.52. The van der Waals surface area contributed by atoms with Crippen LogP contribution in [0.5, 0.6) is 0 Å². The maximum atomic E-state index is 12.6. The molecule has 0 radical (unpaired) electrons. The summed E-state index contributed by atoms with van der Waals surface area (Å²) in [6.07, 6.45) is 5.33. The highest BCUT2D eigenvalue weighted by Gasteiger charge is 2.32. The molecule has 1 unspecified atom stereocenters. The van der Waals surface area contributed by atoms with E-state index in [4.69, 9.17) is 0 Å². The van der Waals surface area contributed by atoms with Gasteiger partial charge in [-0.05, 0) is 24.8 Å². The third-order valence-electron chi connectivity index (χ3n) is 5.52. The van der Waals surface area contributed by atoms with E-state index in [0.717, 1.165) is 31.4 Å². The van der Waals surface area contributed by atoms with Crippen molar-refractivity contribution in [1.29, 1.82) is 0 Å². The van der Waals surface area contributed by atoms with Crippen LogP contribution in [0, 0.1) is 5.92 Å². The molecule has 1 atom stereocenters. The number of hydrogen-bond donors (Lipinski definition) is 3. The summed E-state index contributed by atoms with van der Waals surface area (Å²) < 4.78 is 0. The van der Waals surface area contributed by atoms with Gasteiger partial charge in [0.2, 0.25) is 11.8 Å². The van der Waals surface area contributed by atoms with Gasteiger partial charge in [0.15, 0.2) is 5.96 Å². The fourth-order valence-corrected chi connectivity index (χ4v) is 3.92. The third kappa shape index (κ3) is 5.71. The van der Waals surface area contributed by atoms with Gasteiger partial charge in [0.25, 0.3) is 0 Å². The first-order chi connectivity index (χ1) is 13.7.